The van der Waals surface area contributed by atoms with Gasteiger partial charge in [0.1, 0.15) is 0 Å². The lowest BCUT2D eigenvalue weighted by Crippen LogP contribution is -2.38. The molecular weight excluding hydrogens is 211 g/mol. The lowest BCUT2D eigenvalue weighted by Gasteiger charge is -2.17. The number of nitrogen functional groups attached to an aromatic ring is 1. The number of hydrogen-bond acceptors (Lipinski definition) is 3. The zero-order valence-electron chi connectivity index (χ0n) is 6.61. The third-order valence-electron chi connectivity index (χ3n) is 1.47. The van der Waals surface area contributed by atoms with Crippen LogP contribution in [0.15, 0.2) is 10.7 Å². The molecule has 0 radical (unpaired) electrons. The minimum absolute atomic E-state index is 0.325. The summed E-state index contributed by atoms with van der Waals surface area (Å²) in [6.45, 7) is 0. The zero-order chi connectivity index (χ0) is 11.0. The average molecular weight is 216 g/mol. The molecule has 0 saturated carbocycles. The van der Waals surface area contributed by atoms with Crippen molar-refractivity contribution in [1.29, 1.82) is 0 Å². The van der Waals surface area contributed by atoms with Gasteiger partial charge in [0.2, 0.25) is 0 Å². The van der Waals surface area contributed by atoms with Gasteiger partial charge in [0.15, 0.2) is 5.76 Å². The van der Waals surface area contributed by atoms with E-state index in [9.17, 15) is 22.0 Å². The Bertz CT molecular complexity index is 318. The van der Waals surface area contributed by atoms with E-state index in [-0.39, 0.29) is 5.69 Å². The molecule has 1 rings (SSSR count). The second-order valence-electron chi connectivity index (χ2n) is 2.58. The molecule has 1 aromatic heterocycles. The standard InChI is InChI=1S/C6H5F5N2O/c7-5(8,6(9,10)11)1-4-3(12)2-13-14-4/h2H,1,12H2. The highest BCUT2D eigenvalue weighted by Gasteiger charge is 2.58. The first-order chi connectivity index (χ1) is 6.24. The molecule has 1 aromatic rings. The van der Waals surface area contributed by atoms with Gasteiger partial charge in [-0.3, -0.25) is 0 Å². The van der Waals surface area contributed by atoms with Crippen LogP contribution in [0.25, 0.3) is 0 Å². The van der Waals surface area contributed by atoms with Gasteiger partial charge in [-0.15, -0.1) is 0 Å². The number of aromatic nitrogens is 1. The highest BCUT2D eigenvalue weighted by Crippen LogP contribution is 2.38. The molecule has 0 aliphatic rings. The van der Waals surface area contributed by atoms with Crippen LogP contribution in [0.1, 0.15) is 5.76 Å². The summed E-state index contributed by atoms with van der Waals surface area (Å²) in [5.74, 6) is -5.53. The molecule has 0 bridgehead atoms. The Morgan fingerprint density at radius 1 is 1.29 bits per heavy atom. The number of hydrogen-bond donors (Lipinski definition) is 1. The Balaban J connectivity index is 2.84. The third kappa shape index (κ3) is 1.94. The largest absolute Gasteiger partial charge is 0.453 e. The fourth-order valence-electron chi connectivity index (χ4n) is 0.708. The molecule has 0 aromatic carbocycles. The molecular formula is C6H5F5N2O. The highest BCUT2D eigenvalue weighted by atomic mass is 19.4. The highest BCUT2D eigenvalue weighted by molar-refractivity contribution is 5.38. The number of alkyl halides is 5. The Kier molecular flexibility index (Phi) is 2.38. The number of nitrogens with zero attached hydrogens (tertiary/aromatic N) is 1. The van der Waals surface area contributed by atoms with Crippen LogP contribution < -0.4 is 5.73 Å². The predicted molar refractivity (Wildman–Crippen MR) is 35.6 cm³/mol. The summed E-state index contributed by atoms with van der Waals surface area (Å²) in [4.78, 5) is 0. The van der Waals surface area contributed by atoms with Crippen LogP contribution in [0.2, 0.25) is 0 Å². The average Bonchev–Trinajstić information content (AvgIpc) is 2.33. The number of anilines is 1. The first kappa shape index (κ1) is 10.7. The SMILES string of the molecule is Nc1cnoc1CC(F)(F)C(F)(F)F. The van der Waals surface area contributed by atoms with Crippen LogP contribution >= 0.6 is 0 Å². The zero-order valence-corrected chi connectivity index (χ0v) is 6.61. The quantitative estimate of drug-likeness (QED) is 0.769. The Morgan fingerprint density at radius 3 is 2.21 bits per heavy atom. The second kappa shape index (κ2) is 3.10. The molecule has 80 valence electrons. The van der Waals surface area contributed by atoms with Gasteiger partial charge in [0, 0.05) is 0 Å². The molecule has 0 fully saturated rings. The number of nitrogens with two attached hydrogens (primary N) is 1. The monoisotopic (exact) mass is 216 g/mol. The lowest BCUT2D eigenvalue weighted by atomic mass is 10.2. The molecule has 2 N–H and O–H groups in total. The Labute approximate surface area is 74.7 Å². The van der Waals surface area contributed by atoms with Crippen LogP contribution in [0, 0.1) is 0 Å². The third-order valence-corrected chi connectivity index (χ3v) is 1.47. The molecule has 0 spiro atoms. The van der Waals surface area contributed by atoms with Crippen molar-refractivity contribution in [2.45, 2.75) is 18.5 Å². The fraction of sp³-hybridized carbons (Fsp3) is 0.500. The molecule has 3 nitrogen and oxygen atoms in total. The molecule has 0 amide bonds. The molecule has 0 aliphatic carbocycles. The summed E-state index contributed by atoms with van der Waals surface area (Å²) >= 11 is 0. The molecule has 0 saturated heterocycles. The summed E-state index contributed by atoms with van der Waals surface area (Å²) < 4.78 is 64.1. The summed E-state index contributed by atoms with van der Waals surface area (Å²) in [5.41, 5.74) is 4.71. The molecule has 1 heterocycles. The predicted octanol–water partition coefficient (Wildman–Crippen LogP) is 2.00. The van der Waals surface area contributed by atoms with Crippen molar-refractivity contribution < 1.29 is 26.5 Å². The van der Waals surface area contributed by atoms with E-state index in [0.29, 0.717) is 0 Å². The molecule has 14 heavy (non-hydrogen) atoms. The van der Waals surface area contributed by atoms with E-state index in [1.165, 1.54) is 0 Å². The summed E-state index contributed by atoms with van der Waals surface area (Å²) in [5, 5.41) is 2.99. The maximum atomic E-state index is 12.4. The molecule has 0 atom stereocenters. The summed E-state index contributed by atoms with van der Waals surface area (Å²) in [6.07, 6.45) is -6.39. The lowest BCUT2D eigenvalue weighted by molar-refractivity contribution is -0.282. The van der Waals surface area contributed by atoms with Gasteiger partial charge in [-0.05, 0) is 0 Å². The smallest absolute Gasteiger partial charge is 0.395 e. The van der Waals surface area contributed by atoms with Crippen molar-refractivity contribution in [3.63, 3.8) is 0 Å². The minimum Gasteiger partial charge on any atom is -0.395 e. The fourth-order valence-corrected chi connectivity index (χ4v) is 0.708. The van der Waals surface area contributed by atoms with Crippen molar-refractivity contribution in [1.82, 2.24) is 5.16 Å². The Hall–Kier alpha value is -1.34. The maximum Gasteiger partial charge on any atom is 0.453 e. The van der Waals surface area contributed by atoms with Gasteiger partial charge in [-0.25, -0.2) is 0 Å². The van der Waals surface area contributed by atoms with Gasteiger partial charge in [0.05, 0.1) is 18.3 Å². The van der Waals surface area contributed by atoms with Crippen molar-refractivity contribution in [2.24, 2.45) is 0 Å². The van der Waals surface area contributed by atoms with Crippen LogP contribution in [0.4, 0.5) is 27.6 Å². The van der Waals surface area contributed by atoms with Crippen molar-refractivity contribution in [3.05, 3.63) is 12.0 Å². The van der Waals surface area contributed by atoms with E-state index in [2.05, 4.69) is 9.68 Å². The van der Waals surface area contributed by atoms with Gasteiger partial charge in [-0.1, -0.05) is 5.16 Å². The van der Waals surface area contributed by atoms with Crippen molar-refractivity contribution in [3.8, 4) is 0 Å². The van der Waals surface area contributed by atoms with Crippen molar-refractivity contribution >= 4 is 5.69 Å². The molecule has 8 heteroatoms. The van der Waals surface area contributed by atoms with Crippen molar-refractivity contribution in [2.75, 3.05) is 5.73 Å². The second-order valence-corrected chi connectivity index (χ2v) is 2.58. The van der Waals surface area contributed by atoms with Crippen LogP contribution in [0.5, 0.6) is 0 Å². The molecule has 0 aliphatic heterocycles. The van der Waals surface area contributed by atoms with E-state index in [1.54, 1.807) is 0 Å². The van der Waals surface area contributed by atoms with Crippen LogP contribution in [0.3, 0.4) is 0 Å². The number of rotatable bonds is 2. The van der Waals surface area contributed by atoms with Crippen LogP contribution in [-0.2, 0) is 6.42 Å². The van der Waals surface area contributed by atoms with Gasteiger partial charge in [-0.2, -0.15) is 22.0 Å². The Morgan fingerprint density at radius 2 is 1.86 bits per heavy atom. The van der Waals surface area contributed by atoms with E-state index in [4.69, 9.17) is 5.73 Å². The van der Waals surface area contributed by atoms with E-state index in [1.807, 2.05) is 0 Å². The first-order valence-corrected chi connectivity index (χ1v) is 3.37. The van der Waals surface area contributed by atoms with Gasteiger partial charge in [0.25, 0.3) is 0 Å². The summed E-state index contributed by atoms with van der Waals surface area (Å²) in [7, 11) is 0. The number of halogens is 5. The van der Waals surface area contributed by atoms with E-state index >= 15 is 0 Å². The van der Waals surface area contributed by atoms with E-state index in [0.717, 1.165) is 6.20 Å². The van der Waals surface area contributed by atoms with Crippen LogP contribution in [-0.4, -0.2) is 17.3 Å². The first-order valence-electron chi connectivity index (χ1n) is 3.37. The topological polar surface area (TPSA) is 52.0 Å². The molecule has 0 unspecified atom stereocenters. The van der Waals surface area contributed by atoms with E-state index < -0.39 is 24.3 Å². The normalized spacial score (nSPS) is 13.2. The summed E-state index contributed by atoms with van der Waals surface area (Å²) in [6, 6.07) is 0. The van der Waals surface area contributed by atoms with Gasteiger partial charge < -0.3 is 10.3 Å². The van der Waals surface area contributed by atoms with Gasteiger partial charge >= 0.3 is 12.1 Å². The minimum atomic E-state index is -5.62. The maximum absolute atomic E-state index is 12.4.